The highest BCUT2D eigenvalue weighted by molar-refractivity contribution is 6.33. The van der Waals surface area contributed by atoms with Gasteiger partial charge in [-0.25, -0.2) is 0 Å². The van der Waals surface area contributed by atoms with Crippen LogP contribution in [0.3, 0.4) is 0 Å². The van der Waals surface area contributed by atoms with Gasteiger partial charge in [-0.05, 0) is 37.1 Å². The van der Waals surface area contributed by atoms with Crippen molar-refractivity contribution in [3.8, 4) is 17.2 Å². The Labute approximate surface area is 180 Å². The van der Waals surface area contributed by atoms with Crippen molar-refractivity contribution in [2.75, 3.05) is 34.4 Å². The average Bonchev–Trinajstić information content (AvgIpc) is 2.78. The van der Waals surface area contributed by atoms with E-state index in [1.54, 1.807) is 41.3 Å². The summed E-state index contributed by atoms with van der Waals surface area (Å²) in [7, 11) is 4.50. The molecule has 7 nitrogen and oxygen atoms in total. The number of nitrogens with zero attached hydrogens (tertiary/aromatic N) is 1. The number of ether oxygens (including phenoxy) is 3. The van der Waals surface area contributed by atoms with Crippen molar-refractivity contribution in [3.63, 3.8) is 0 Å². The second kappa shape index (κ2) is 9.71. The Morgan fingerprint density at radius 1 is 1.07 bits per heavy atom. The fraction of sp³-hybridized carbons (Fsp3) is 0.364. The van der Waals surface area contributed by atoms with Gasteiger partial charge in [0.15, 0.2) is 11.5 Å². The van der Waals surface area contributed by atoms with E-state index in [1.165, 1.54) is 21.3 Å². The number of halogens is 1. The van der Waals surface area contributed by atoms with Crippen LogP contribution >= 0.6 is 11.6 Å². The SMILES string of the molecule is COc1cc(C(=O)NC2CCCN(C(=O)c3ccccc3Cl)C2)cc(OC)c1OC. The Morgan fingerprint density at radius 3 is 2.33 bits per heavy atom. The van der Waals surface area contributed by atoms with Crippen LogP contribution in [0.5, 0.6) is 17.2 Å². The summed E-state index contributed by atoms with van der Waals surface area (Å²) < 4.78 is 15.9. The Hall–Kier alpha value is -2.93. The number of rotatable bonds is 6. The predicted octanol–water partition coefficient (Wildman–Crippen LogP) is 3.40. The normalized spacial score (nSPS) is 16.0. The zero-order valence-electron chi connectivity index (χ0n) is 17.2. The lowest BCUT2D eigenvalue weighted by Gasteiger charge is -2.33. The van der Waals surface area contributed by atoms with Gasteiger partial charge in [-0.2, -0.15) is 0 Å². The van der Waals surface area contributed by atoms with Crippen molar-refractivity contribution in [2.45, 2.75) is 18.9 Å². The molecule has 0 bridgehead atoms. The highest BCUT2D eigenvalue weighted by Crippen LogP contribution is 2.38. The molecule has 0 saturated carbocycles. The van der Waals surface area contributed by atoms with Crippen LogP contribution in [-0.2, 0) is 0 Å². The highest BCUT2D eigenvalue weighted by atomic mass is 35.5. The van der Waals surface area contributed by atoms with Gasteiger partial charge >= 0.3 is 0 Å². The van der Waals surface area contributed by atoms with Crippen molar-refractivity contribution in [3.05, 3.63) is 52.5 Å². The lowest BCUT2D eigenvalue weighted by molar-refractivity contribution is 0.0676. The number of hydrogen-bond donors (Lipinski definition) is 1. The predicted molar refractivity (Wildman–Crippen MR) is 114 cm³/mol. The molecule has 30 heavy (non-hydrogen) atoms. The number of piperidine rings is 1. The minimum Gasteiger partial charge on any atom is -0.493 e. The Balaban J connectivity index is 1.73. The summed E-state index contributed by atoms with van der Waals surface area (Å²) in [6.45, 7) is 1.04. The molecular formula is C22H25ClN2O5. The van der Waals surface area contributed by atoms with Crippen molar-refractivity contribution in [2.24, 2.45) is 0 Å². The van der Waals surface area contributed by atoms with E-state index >= 15 is 0 Å². The molecule has 1 fully saturated rings. The van der Waals surface area contributed by atoms with Gasteiger partial charge in [0, 0.05) is 24.7 Å². The standard InChI is InChI=1S/C22H25ClN2O5/c1-28-18-11-14(12-19(29-2)20(18)30-3)21(26)24-15-7-6-10-25(13-15)22(27)16-8-4-5-9-17(16)23/h4-5,8-9,11-12,15H,6-7,10,13H2,1-3H3,(H,24,26). The molecule has 0 aliphatic carbocycles. The van der Waals surface area contributed by atoms with Crippen molar-refractivity contribution in [1.82, 2.24) is 10.2 Å². The number of nitrogens with one attached hydrogen (secondary N) is 1. The molecule has 160 valence electrons. The molecule has 2 amide bonds. The quantitative estimate of drug-likeness (QED) is 0.757. The van der Waals surface area contributed by atoms with E-state index in [9.17, 15) is 9.59 Å². The van der Waals surface area contributed by atoms with Gasteiger partial charge in [0.25, 0.3) is 11.8 Å². The van der Waals surface area contributed by atoms with E-state index in [0.717, 1.165) is 12.8 Å². The largest absolute Gasteiger partial charge is 0.493 e. The van der Waals surface area contributed by atoms with Crippen LogP contribution in [0.25, 0.3) is 0 Å². The third kappa shape index (κ3) is 4.62. The van der Waals surface area contributed by atoms with Crippen LogP contribution < -0.4 is 19.5 Å². The van der Waals surface area contributed by atoms with E-state index < -0.39 is 0 Å². The van der Waals surface area contributed by atoms with Crippen LogP contribution in [0.15, 0.2) is 36.4 Å². The van der Waals surface area contributed by atoms with Gasteiger partial charge in [-0.15, -0.1) is 0 Å². The van der Waals surface area contributed by atoms with Gasteiger partial charge in [0.2, 0.25) is 5.75 Å². The Bertz CT molecular complexity index is 908. The van der Waals surface area contributed by atoms with Gasteiger partial charge < -0.3 is 24.4 Å². The molecule has 1 atom stereocenters. The maximum atomic E-state index is 12.9. The maximum absolute atomic E-state index is 12.9. The highest BCUT2D eigenvalue weighted by Gasteiger charge is 2.27. The third-order valence-corrected chi connectivity index (χ3v) is 5.40. The first-order valence-electron chi connectivity index (χ1n) is 9.63. The summed E-state index contributed by atoms with van der Waals surface area (Å²) in [4.78, 5) is 27.4. The monoisotopic (exact) mass is 432 g/mol. The third-order valence-electron chi connectivity index (χ3n) is 5.08. The Kier molecular flexibility index (Phi) is 7.05. The number of methoxy groups -OCH3 is 3. The lowest BCUT2D eigenvalue weighted by atomic mass is 10.0. The summed E-state index contributed by atoms with van der Waals surface area (Å²) in [5, 5.41) is 3.43. The summed E-state index contributed by atoms with van der Waals surface area (Å²) in [6, 6.07) is 10.0. The molecule has 2 aromatic carbocycles. The van der Waals surface area contributed by atoms with Crippen LogP contribution in [0, 0.1) is 0 Å². The first-order chi connectivity index (χ1) is 14.5. The molecular weight excluding hydrogens is 408 g/mol. The number of hydrogen-bond acceptors (Lipinski definition) is 5. The first kappa shape index (κ1) is 21.8. The fourth-order valence-electron chi connectivity index (χ4n) is 3.57. The minimum atomic E-state index is -0.272. The zero-order chi connectivity index (χ0) is 21.7. The second-order valence-corrected chi connectivity index (χ2v) is 7.36. The van der Waals surface area contributed by atoms with Gasteiger partial charge in [-0.3, -0.25) is 9.59 Å². The molecule has 0 radical (unpaired) electrons. The van der Waals surface area contributed by atoms with E-state index in [-0.39, 0.29) is 17.9 Å². The number of benzene rings is 2. The van der Waals surface area contributed by atoms with E-state index in [0.29, 0.717) is 46.5 Å². The molecule has 1 heterocycles. The molecule has 3 rings (SSSR count). The second-order valence-electron chi connectivity index (χ2n) is 6.96. The van der Waals surface area contributed by atoms with Gasteiger partial charge in [-0.1, -0.05) is 23.7 Å². The molecule has 1 aliphatic rings. The molecule has 0 aromatic heterocycles. The smallest absolute Gasteiger partial charge is 0.255 e. The number of likely N-dealkylation sites (tertiary alicyclic amines) is 1. The topological polar surface area (TPSA) is 77.1 Å². The minimum absolute atomic E-state index is 0.132. The number of carbonyl (C=O) groups excluding carboxylic acids is 2. The molecule has 1 saturated heterocycles. The van der Waals surface area contributed by atoms with E-state index in [4.69, 9.17) is 25.8 Å². The zero-order valence-corrected chi connectivity index (χ0v) is 18.0. The molecule has 1 aliphatic heterocycles. The van der Waals surface area contributed by atoms with E-state index in [2.05, 4.69) is 5.32 Å². The molecule has 2 aromatic rings. The summed E-state index contributed by atoms with van der Waals surface area (Å²) in [6.07, 6.45) is 1.57. The van der Waals surface area contributed by atoms with Crippen LogP contribution in [-0.4, -0.2) is 57.2 Å². The molecule has 1 N–H and O–H groups in total. The lowest BCUT2D eigenvalue weighted by Crippen LogP contribution is -2.49. The van der Waals surface area contributed by atoms with Crippen molar-refractivity contribution >= 4 is 23.4 Å². The fourth-order valence-corrected chi connectivity index (χ4v) is 3.78. The van der Waals surface area contributed by atoms with Crippen LogP contribution in [0.4, 0.5) is 0 Å². The molecule has 8 heteroatoms. The number of amides is 2. The van der Waals surface area contributed by atoms with Crippen molar-refractivity contribution < 1.29 is 23.8 Å². The van der Waals surface area contributed by atoms with E-state index in [1.807, 2.05) is 0 Å². The maximum Gasteiger partial charge on any atom is 0.255 e. The summed E-state index contributed by atoms with van der Waals surface area (Å²) >= 11 is 6.17. The summed E-state index contributed by atoms with van der Waals surface area (Å²) in [5.74, 6) is 0.826. The average molecular weight is 433 g/mol. The molecule has 1 unspecified atom stereocenters. The van der Waals surface area contributed by atoms with Crippen molar-refractivity contribution in [1.29, 1.82) is 0 Å². The van der Waals surface area contributed by atoms with Crippen LogP contribution in [0.1, 0.15) is 33.6 Å². The Morgan fingerprint density at radius 2 is 1.73 bits per heavy atom. The van der Waals surface area contributed by atoms with Crippen LogP contribution in [0.2, 0.25) is 5.02 Å². The van der Waals surface area contributed by atoms with Gasteiger partial charge in [0.1, 0.15) is 0 Å². The summed E-state index contributed by atoms with van der Waals surface area (Å²) in [5.41, 5.74) is 0.856. The molecule has 0 spiro atoms. The first-order valence-corrected chi connectivity index (χ1v) is 10.0. The van der Waals surface area contributed by atoms with Gasteiger partial charge in [0.05, 0.1) is 31.9 Å². The number of carbonyl (C=O) groups is 2.